The van der Waals surface area contributed by atoms with Gasteiger partial charge in [0.25, 0.3) is 0 Å². The van der Waals surface area contributed by atoms with Crippen LogP contribution in [0.5, 0.6) is 0 Å². The minimum absolute atomic E-state index is 0.0734. The van der Waals surface area contributed by atoms with Gasteiger partial charge in [0.2, 0.25) is 0 Å². The highest BCUT2D eigenvalue weighted by molar-refractivity contribution is 5.45. The summed E-state index contributed by atoms with van der Waals surface area (Å²) in [5.74, 6) is -0.182. The molecular weight excluding hydrogens is 217 g/mol. The molecule has 0 spiro atoms. The van der Waals surface area contributed by atoms with Crippen molar-refractivity contribution in [1.29, 1.82) is 0 Å². The van der Waals surface area contributed by atoms with Crippen LogP contribution in [0.3, 0.4) is 0 Å². The number of hydrogen-bond acceptors (Lipinski definition) is 2. The average Bonchev–Trinajstić information content (AvgIpc) is 2.84. The number of hydrogen-bond donors (Lipinski definition) is 1. The highest BCUT2D eigenvalue weighted by atomic mass is 19.1. The lowest BCUT2D eigenvalue weighted by Gasteiger charge is -2.17. The van der Waals surface area contributed by atoms with Gasteiger partial charge in [-0.1, -0.05) is 0 Å². The maximum Gasteiger partial charge on any atom is 0.126 e. The van der Waals surface area contributed by atoms with Crippen molar-refractivity contribution in [2.75, 3.05) is 7.05 Å². The molecule has 0 fully saturated rings. The van der Waals surface area contributed by atoms with E-state index >= 15 is 0 Å². The maximum absolute atomic E-state index is 13.6. The molecule has 0 bridgehead atoms. The van der Waals surface area contributed by atoms with Crippen molar-refractivity contribution in [1.82, 2.24) is 15.1 Å². The molecule has 0 amide bonds. The Morgan fingerprint density at radius 2 is 2.18 bits per heavy atom. The van der Waals surface area contributed by atoms with Gasteiger partial charge in [-0.05, 0) is 50.2 Å². The number of rotatable bonds is 3. The van der Waals surface area contributed by atoms with Gasteiger partial charge in [0.05, 0.1) is 5.69 Å². The summed E-state index contributed by atoms with van der Waals surface area (Å²) in [6.45, 7) is 3.76. The second kappa shape index (κ2) is 4.67. The van der Waals surface area contributed by atoms with Crippen LogP contribution >= 0.6 is 0 Å². The van der Waals surface area contributed by atoms with Gasteiger partial charge in [0.1, 0.15) is 5.82 Å². The Hall–Kier alpha value is -1.68. The van der Waals surface area contributed by atoms with Gasteiger partial charge in [-0.25, -0.2) is 9.07 Å². The highest BCUT2D eigenvalue weighted by Crippen LogP contribution is 2.24. The third-order valence-electron chi connectivity index (χ3n) is 2.96. The Kier molecular flexibility index (Phi) is 3.24. The topological polar surface area (TPSA) is 29.9 Å². The molecule has 0 aliphatic carbocycles. The van der Waals surface area contributed by atoms with Crippen molar-refractivity contribution in [3.8, 4) is 5.69 Å². The van der Waals surface area contributed by atoms with Crippen LogP contribution in [0.4, 0.5) is 4.39 Å². The molecule has 4 heteroatoms. The molecule has 0 aliphatic rings. The van der Waals surface area contributed by atoms with E-state index in [1.54, 1.807) is 23.9 Å². The molecule has 1 N–H and O–H groups in total. The van der Waals surface area contributed by atoms with E-state index in [4.69, 9.17) is 0 Å². The SMILES string of the molecule is CNC(C)c1cc(F)c(C)cc1-n1cccn1. The molecule has 1 atom stereocenters. The molecule has 17 heavy (non-hydrogen) atoms. The van der Waals surface area contributed by atoms with E-state index in [-0.39, 0.29) is 11.9 Å². The summed E-state index contributed by atoms with van der Waals surface area (Å²) in [6, 6.07) is 5.33. The Morgan fingerprint density at radius 1 is 1.41 bits per heavy atom. The number of halogens is 1. The molecule has 2 rings (SSSR count). The molecule has 0 saturated carbocycles. The third-order valence-corrected chi connectivity index (χ3v) is 2.96. The second-order valence-electron chi connectivity index (χ2n) is 4.12. The maximum atomic E-state index is 13.6. The molecular formula is C13H16FN3. The minimum Gasteiger partial charge on any atom is -0.313 e. The van der Waals surface area contributed by atoms with Crippen molar-refractivity contribution >= 4 is 0 Å². The van der Waals surface area contributed by atoms with Crippen molar-refractivity contribution in [2.24, 2.45) is 0 Å². The van der Waals surface area contributed by atoms with Gasteiger partial charge in [0.15, 0.2) is 0 Å². The predicted octanol–water partition coefficient (Wildman–Crippen LogP) is 2.60. The fourth-order valence-corrected chi connectivity index (χ4v) is 1.79. The van der Waals surface area contributed by atoms with Gasteiger partial charge in [-0.15, -0.1) is 0 Å². The second-order valence-corrected chi connectivity index (χ2v) is 4.12. The lowest BCUT2D eigenvalue weighted by molar-refractivity contribution is 0.597. The monoisotopic (exact) mass is 233 g/mol. The van der Waals surface area contributed by atoms with Gasteiger partial charge >= 0.3 is 0 Å². The smallest absolute Gasteiger partial charge is 0.126 e. The van der Waals surface area contributed by atoms with Gasteiger partial charge in [0, 0.05) is 18.4 Å². The summed E-state index contributed by atoms with van der Waals surface area (Å²) in [4.78, 5) is 0. The molecule has 0 saturated heterocycles. The van der Waals surface area contributed by atoms with Crippen molar-refractivity contribution in [3.63, 3.8) is 0 Å². The van der Waals surface area contributed by atoms with Crippen LogP contribution in [-0.2, 0) is 0 Å². The van der Waals surface area contributed by atoms with Crippen LogP contribution in [-0.4, -0.2) is 16.8 Å². The van der Waals surface area contributed by atoms with Crippen LogP contribution in [0.15, 0.2) is 30.6 Å². The number of aromatic nitrogens is 2. The summed E-state index contributed by atoms with van der Waals surface area (Å²) in [5.41, 5.74) is 2.44. The Morgan fingerprint density at radius 3 is 2.76 bits per heavy atom. The molecule has 3 nitrogen and oxygen atoms in total. The van der Waals surface area contributed by atoms with Crippen molar-refractivity contribution < 1.29 is 4.39 Å². The summed E-state index contributed by atoms with van der Waals surface area (Å²) >= 11 is 0. The number of nitrogens with one attached hydrogen (secondary N) is 1. The normalized spacial score (nSPS) is 12.7. The number of benzene rings is 1. The first kappa shape index (κ1) is 11.8. The van der Waals surface area contributed by atoms with Crippen molar-refractivity contribution in [2.45, 2.75) is 19.9 Å². The van der Waals surface area contributed by atoms with E-state index in [1.807, 2.05) is 32.3 Å². The minimum atomic E-state index is -0.182. The fourth-order valence-electron chi connectivity index (χ4n) is 1.79. The van der Waals surface area contributed by atoms with Crippen LogP contribution in [0, 0.1) is 12.7 Å². The first-order chi connectivity index (χ1) is 8.13. The molecule has 0 radical (unpaired) electrons. The zero-order valence-electron chi connectivity index (χ0n) is 10.2. The lowest BCUT2D eigenvalue weighted by atomic mass is 10.0. The molecule has 1 aromatic heterocycles. The van der Waals surface area contributed by atoms with E-state index in [0.29, 0.717) is 5.56 Å². The zero-order valence-corrected chi connectivity index (χ0v) is 10.2. The molecule has 1 aromatic carbocycles. The number of nitrogens with zero attached hydrogens (tertiary/aromatic N) is 2. The van der Waals surface area contributed by atoms with Crippen LogP contribution in [0.2, 0.25) is 0 Å². The van der Waals surface area contributed by atoms with Crippen molar-refractivity contribution in [3.05, 3.63) is 47.5 Å². The molecule has 1 unspecified atom stereocenters. The van der Waals surface area contributed by atoms with Gasteiger partial charge < -0.3 is 5.32 Å². The highest BCUT2D eigenvalue weighted by Gasteiger charge is 2.13. The lowest BCUT2D eigenvalue weighted by Crippen LogP contribution is -2.16. The van der Waals surface area contributed by atoms with Gasteiger partial charge in [-0.3, -0.25) is 0 Å². The summed E-state index contributed by atoms with van der Waals surface area (Å²) in [5, 5.41) is 7.32. The first-order valence-corrected chi connectivity index (χ1v) is 5.61. The van der Waals surface area contributed by atoms with E-state index in [0.717, 1.165) is 11.3 Å². The van der Waals surface area contributed by atoms with Crippen LogP contribution in [0.25, 0.3) is 5.69 Å². The average molecular weight is 233 g/mol. The summed E-state index contributed by atoms with van der Waals surface area (Å²) in [7, 11) is 1.86. The van der Waals surface area contributed by atoms with Gasteiger partial charge in [-0.2, -0.15) is 5.10 Å². The van der Waals surface area contributed by atoms with E-state index in [2.05, 4.69) is 10.4 Å². The largest absolute Gasteiger partial charge is 0.313 e. The number of aryl methyl sites for hydroxylation is 1. The molecule has 90 valence electrons. The molecule has 1 heterocycles. The Balaban J connectivity index is 2.60. The Labute approximate surface area is 100 Å². The molecule has 0 aliphatic heterocycles. The summed E-state index contributed by atoms with van der Waals surface area (Å²) in [6.07, 6.45) is 3.57. The standard InChI is InChI=1S/C13H16FN3/c1-9-7-13(17-6-4-5-16-17)11(8-12(9)14)10(2)15-3/h4-8,10,15H,1-3H3. The van der Waals surface area contributed by atoms with Crippen LogP contribution in [0.1, 0.15) is 24.1 Å². The first-order valence-electron chi connectivity index (χ1n) is 5.61. The molecule has 2 aromatic rings. The van der Waals surface area contributed by atoms with E-state index < -0.39 is 0 Å². The Bertz CT molecular complexity index is 506. The quantitative estimate of drug-likeness (QED) is 0.883. The van der Waals surface area contributed by atoms with Crippen LogP contribution < -0.4 is 5.32 Å². The zero-order chi connectivity index (χ0) is 12.4. The van der Waals surface area contributed by atoms with E-state index in [1.165, 1.54) is 0 Å². The van der Waals surface area contributed by atoms with E-state index in [9.17, 15) is 4.39 Å². The predicted molar refractivity (Wildman–Crippen MR) is 65.7 cm³/mol. The fraction of sp³-hybridized carbons (Fsp3) is 0.308. The third kappa shape index (κ3) is 2.22. The summed E-state index contributed by atoms with van der Waals surface area (Å²) < 4.78 is 15.4.